The molecule has 0 saturated heterocycles. The second-order valence-electron chi connectivity index (χ2n) is 8.09. The number of carbonyl (C=O) groups excluding carboxylic acids is 1. The van der Waals surface area contributed by atoms with E-state index in [4.69, 9.17) is 14.2 Å². The molecule has 0 atom stereocenters. The normalized spacial score (nSPS) is 10.8. The maximum absolute atomic E-state index is 15.0. The van der Waals surface area contributed by atoms with E-state index in [0.29, 0.717) is 28.0 Å². The minimum Gasteiger partial charge on any atom is -0.491 e. The smallest absolute Gasteiger partial charge is 0.261 e. The van der Waals surface area contributed by atoms with E-state index in [9.17, 15) is 9.59 Å². The van der Waals surface area contributed by atoms with E-state index in [0.717, 1.165) is 10.9 Å². The molecule has 0 saturated carbocycles. The number of methoxy groups -OCH3 is 2. The summed E-state index contributed by atoms with van der Waals surface area (Å²) in [6.45, 7) is 1.76. The Morgan fingerprint density at radius 2 is 1.92 bits per heavy atom. The van der Waals surface area contributed by atoms with Gasteiger partial charge in [0.25, 0.3) is 11.8 Å². The number of H-pyrrole nitrogens is 1. The van der Waals surface area contributed by atoms with Crippen LogP contribution in [0.5, 0.6) is 23.1 Å². The van der Waals surface area contributed by atoms with Gasteiger partial charge in [-0.25, -0.2) is 9.37 Å². The first-order valence-corrected chi connectivity index (χ1v) is 12.2. The highest BCUT2D eigenvalue weighted by Crippen LogP contribution is 2.35. The molecule has 192 valence electrons. The molecule has 0 bridgehead atoms. The Morgan fingerprint density at radius 3 is 2.63 bits per heavy atom. The van der Waals surface area contributed by atoms with Gasteiger partial charge in [-0.05, 0) is 30.5 Å². The van der Waals surface area contributed by atoms with Crippen molar-refractivity contribution in [2.75, 3.05) is 19.5 Å². The number of anilines is 1. The molecule has 0 fully saturated rings. The Labute approximate surface area is 219 Å². The summed E-state index contributed by atoms with van der Waals surface area (Å²) < 4.78 is 31.3. The number of hydrogen-bond donors (Lipinski definition) is 2. The first-order valence-electron chi connectivity index (χ1n) is 11.3. The molecule has 0 radical (unpaired) electrons. The van der Waals surface area contributed by atoms with Gasteiger partial charge >= 0.3 is 0 Å². The number of hydrogen-bond acceptors (Lipinski definition) is 8. The quantitative estimate of drug-likeness (QED) is 0.282. The molecule has 4 aromatic heterocycles. The third kappa shape index (κ3) is 4.66. The SMILES string of the molecule is COc1cc2nccc(Oc3ccc(NC(=O)c4c[nH]c(C)c(-c5cccs5)c4=O)cc3F)c2nc1OC. The molecule has 5 rings (SSSR count). The fourth-order valence-electron chi connectivity index (χ4n) is 3.87. The van der Waals surface area contributed by atoms with E-state index < -0.39 is 17.2 Å². The van der Waals surface area contributed by atoms with Gasteiger partial charge in [0.1, 0.15) is 11.1 Å². The van der Waals surface area contributed by atoms with Crippen molar-refractivity contribution in [3.63, 3.8) is 0 Å². The fourth-order valence-corrected chi connectivity index (χ4v) is 4.70. The Balaban J connectivity index is 1.40. The standard InChI is InChI=1S/C27H21FN4O5S/c1-14-23(22-5-4-10-38-22)25(33)16(13-30-14)26(34)31-15-6-7-19(17(28)11-15)37-20-8-9-29-18-12-21(35-2)27(36-3)32-24(18)20/h4-13H,1-3H3,(H,30,33)(H,31,34). The molecule has 0 aliphatic carbocycles. The number of pyridine rings is 3. The molecule has 0 aliphatic rings. The number of thiophene rings is 1. The van der Waals surface area contributed by atoms with Gasteiger partial charge < -0.3 is 24.5 Å². The van der Waals surface area contributed by atoms with Crippen LogP contribution in [-0.2, 0) is 0 Å². The lowest BCUT2D eigenvalue weighted by molar-refractivity contribution is 0.102. The number of amides is 1. The minimum atomic E-state index is -0.731. The van der Waals surface area contributed by atoms with Crippen molar-refractivity contribution in [1.82, 2.24) is 15.0 Å². The molecule has 4 heterocycles. The number of rotatable bonds is 7. The Morgan fingerprint density at radius 1 is 1.08 bits per heavy atom. The van der Waals surface area contributed by atoms with E-state index in [1.54, 1.807) is 19.1 Å². The number of benzene rings is 1. The lowest BCUT2D eigenvalue weighted by Gasteiger charge is -2.12. The summed E-state index contributed by atoms with van der Waals surface area (Å²) in [6, 6.07) is 10.8. The summed E-state index contributed by atoms with van der Waals surface area (Å²) in [5.41, 5.74) is 1.55. The monoisotopic (exact) mass is 532 g/mol. The number of ether oxygens (including phenoxy) is 3. The predicted molar refractivity (Wildman–Crippen MR) is 142 cm³/mol. The molecule has 5 aromatic rings. The van der Waals surface area contributed by atoms with Gasteiger partial charge in [-0.1, -0.05) is 6.07 Å². The molecule has 0 aliphatic heterocycles. The van der Waals surface area contributed by atoms with E-state index in [2.05, 4.69) is 20.3 Å². The van der Waals surface area contributed by atoms with Crippen LogP contribution in [0.4, 0.5) is 10.1 Å². The summed E-state index contributed by atoms with van der Waals surface area (Å²) in [4.78, 5) is 38.3. The Bertz CT molecular complexity index is 1720. The van der Waals surface area contributed by atoms with Crippen molar-refractivity contribution in [2.24, 2.45) is 0 Å². The molecule has 9 nitrogen and oxygen atoms in total. The van der Waals surface area contributed by atoms with Crippen LogP contribution in [0.25, 0.3) is 21.5 Å². The first-order chi connectivity index (χ1) is 18.4. The van der Waals surface area contributed by atoms with E-state index in [-0.39, 0.29) is 28.6 Å². The second kappa shape index (κ2) is 10.3. The maximum atomic E-state index is 15.0. The highest BCUT2D eigenvalue weighted by molar-refractivity contribution is 7.13. The third-order valence-corrected chi connectivity index (χ3v) is 6.61. The molecule has 0 unspecified atom stereocenters. The van der Waals surface area contributed by atoms with Gasteiger partial charge in [-0.15, -0.1) is 11.3 Å². The Kier molecular flexibility index (Phi) is 6.75. The van der Waals surface area contributed by atoms with Crippen molar-refractivity contribution in [1.29, 1.82) is 0 Å². The minimum absolute atomic E-state index is 0.0848. The molecule has 38 heavy (non-hydrogen) atoms. The Hall–Kier alpha value is -4.77. The van der Waals surface area contributed by atoms with Crippen molar-refractivity contribution in [3.8, 4) is 33.6 Å². The molecule has 2 N–H and O–H groups in total. The first kappa shape index (κ1) is 24.9. The lowest BCUT2D eigenvalue weighted by Crippen LogP contribution is -2.23. The maximum Gasteiger partial charge on any atom is 0.261 e. The number of carbonyl (C=O) groups is 1. The van der Waals surface area contributed by atoms with Crippen LogP contribution in [0.15, 0.2) is 65.0 Å². The summed E-state index contributed by atoms with van der Waals surface area (Å²) in [5.74, 6) is -0.623. The lowest BCUT2D eigenvalue weighted by atomic mass is 10.1. The van der Waals surface area contributed by atoms with Crippen LogP contribution in [0.3, 0.4) is 0 Å². The highest BCUT2D eigenvalue weighted by atomic mass is 32.1. The summed E-state index contributed by atoms with van der Waals surface area (Å²) in [7, 11) is 2.94. The average Bonchev–Trinajstić information content (AvgIpc) is 3.44. The highest BCUT2D eigenvalue weighted by Gasteiger charge is 2.19. The zero-order chi connectivity index (χ0) is 26.8. The number of aromatic amines is 1. The van der Waals surface area contributed by atoms with Crippen molar-refractivity contribution >= 4 is 34.0 Å². The average molecular weight is 533 g/mol. The van der Waals surface area contributed by atoms with Crippen molar-refractivity contribution in [2.45, 2.75) is 6.92 Å². The van der Waals surface area contributed by atoms with Crippen LogP contribution in [0.1, 0.15) is 16.1 Å². The van der Waals surface area contributed by atoms with Gasteiger partial charge in [0.15, 0.2) is 23.1 Å². The van der Waals surface area contributed by atoms with Crippen molar-refractivity contribution in [3.05, 3.63) is 87.5 Å². The van der Waals surface area contributed by atoms with Gasteiger partial charge in [-0.2, -0.15) is 0 Å². The van der Waals surface area contributed by atoms with Gasteiger partial charge in [-0.3, -0.25) is 14.6 Å². The van der Waals surface area contributed by atoms with E-state index in [1.165, 1.54) is 50.1 Å². The summed E-state index contributed by atoms with van der Waals surface area (Å²) in [6.07, 6.45) is 2.85. The molecular weight excluding hydrogens is 511 g/mol. The molecular formula is C27H21FN4O5S. The number of halogens is 1. The third-order valence-electron chi connectivity index (χ3n) is 5.72. The number of nitrogens with zero attached hydrogens (tertiary/aromatic N) is 2. The summed E-state index contributed by atoms with van der Waals surface area (Å²) in [5, 5.41) is 4.43. The van der Waals surface area contributed by atoms with Gasteiger partial charge in [0, 0.05) is 46.9 Å². The van der Waals surface area contributed by atoms with Crippen molar-refractivity contribution < 1.29 is 23.4 Å². The molecule has 1 aromatic carbocycles. The number of aromatic nitrogens is 3. The van der Waals surface area contributed by atoms with Crippen LogP contribution in [0, 0.1) is 12.7 Å². The van der Waals surface area contributed by atoms with Crippen LogP contribution in [0.2, 0.25) is 0 Å². The van der Waals surface area contributed by atoms with E-state index in [1.807, 2.05) is 17.5 Å². The topological polar surface area (TPSA) is 115 Å². The molecule has 0 spiro atoms. The second-order valence-corrected chi connectivity index (χ2v) is 9.03. The number of fused-ring (bicyclic) bond motifs is 1. The van der Waals surface area contributed by atoms with Crippen LogP contribution in [-0.4, -0.2) is 35.1 Å². The molecule has 11 heteroatoms. The fraction of sp³-hybridized carbons (Fsp3) is 0.111. The largest absolute Gasteiger partial charge is 0.491 e. The number of nitrogens with one attached hydrogen (secondary N) is 2. The molecule has 1 amide bonds. The van der Waals surface area contributed by atoms with Gasteiger partial charge in [0.2, 0.25) is 5.43 Å². The van der Waals surface area contributed by atoms with Crippen LogP contribution < -0.4 is 25.0 Å². The van der Waals surface area contributed by atoms with Gasteiger partial charge in [0.05, 0.1) is 25.3 Å². The zero-order valence-corrected chi connectivity index (χ0v) is 21.3. The predicted octanol–water partition coefficient (Wildman–Crippen LogP) is 5.56. The van der Waals surface area contributed by atoms with E-state index >= 15 is 4.39 Å². The summed E-state index contributed by atoms with van der Waals surface area (Å²) >= 11 is 1.40. The number of aryl methyl sites for hydroxylation is 1. The van der Waals surface area contributed by atoms with Crippen LogP contribution >= 0.6 is 11.3 Å². The zero-order valence-electron chi connectivity index (χ0n) is 20.5.